The van der Waals surface area contributed by atoms with E-state index in [-0.39, 0.29) is 22.9 Å². The molecule has 1 aliphatic heterocycles. The number of nitrogens with zero attached hydrogens (tertiary/aromatic N) is 2. The fourth-order valence-corrected chi connectivity index (χ4v) is 4.95. The summed E-state index contributed by atoms with van der Waals surface area (Å²) in [5.41, 5.74) is 2.32. The number of hydrogen-bond donors (Lipinski definition) is 0. The molecule has 0 saturated heterocycles. The van der Waals surface area contributed by atoms with Gasteiger partial charge in [0.25, 0.3) is 10.0 Å². The Hall–Kier alpha value is -3.19. The Morgan fingerprint density at radius 1 is 0.862 bits per heavy atom. The van der Waals surface area contributed by atoms with Crippen molar-refractivity contribution in [2.75, 3.05) is 9.21 Å². The second-order valence-corrected chi connectivity index (χ2v) is 8.51. The number of carbonyl (C=O) groups excluding carboxylic acids is 1. The maximum absolute atomic E-state index is 13.3. The molecule has 0 N–H and O–H groups in total. The molecular weight excluding hydrogens is 391 g/mol. The van der Waals surface area contributed by atoms with Gasteiger partial charge in [0.2, 0.25) is 0 Å². The molecular formula is C22H19FN2O3S. The lowest BCUT2D eigenvalue weighted by atomic mass is 10.1. The zero-order chi connectivity index (χ0) is 20.6. The number of rotatable bonds is 4. The number of benzene rings is 3. The van der Waals surface area contributed by atoms with Crippen molar-refractivity contribution in [3.05, 3.63) is 89.7 Å². The van der Waals surface area contributed by atoms with E-state index in [1.165, 1.54) is 23.1 Å². The first-order chi connectivity index (χ1) is 13.9. The van der Waals surface area contributed by atoms with Gasteiger partial charge >= 0.3 is 6.03 Å². The van der Waals surface area contributed by atoms with E-state index >= 15 is 0 Å². The third-order valence-electron chi connectivity index (χ3n) is 4.91. The van der Waals surface area contributed by atoms with E-state index < -0.39 is 16.1 Å². The molecule has 0 radical (unpaired) electrons. The summed E-state index contributed by atoms with van der Waals surface area (Å²) < 4.78 is 40.6. The third-order valence-corrected chi connectivity index (χ3v) is 6.66. The van der Waals surface area contributed by atoms with Crippen molar-refractivity contribution >= 4 is 27.4 Å². The van der Waals surface area contributed by atoms with Crippen molar-refractivity contribution in [1.82, 2.24) is 0 Å². The van der Waals surface area contributed by atoms with Gasteiger partial charge in [-0.25, -0.2) is 17.6 Å². The van der Waals surface area contributed by atoms with Crippen LogP contribution in [-0.2, 0) is 23.0 Å². The number of para-hydroxylation sites is 1. The summed E-state index contributed by atoms with van der Waals surface area (Å²) in [4.78, 5) is 14.8. The molecule has 0 saturated carbocycles. The van der Waals surface area contributed by atoms with Gasteiger partial charge in [-0.2, -0.15) is 4.31 Å². The highest BCUT2D eigenvalue weighted by molar-refractivity contribution is 7.94. The average Bonchev–Trinajstić information content (AvgIpc) is 2.73. The third kappa shape index (κ3) is 3.38. The minimum absolute atomic E-state index is 0.0567. The van der Waals surface area contributed by atoms with Gasteiger partial charge in [-0.05, 0) is 53.9 Å². The molecule has 0 unspecified atom stereocenters. The molecule has 0 atom stereocenters. The Morgan fingerprint density at radius 2 is 1.48 bits per heavy atom. The number of anilines is 2. The summed E-state index contributed by atoms with van der Waals surface area (Å²) in [5.74, 6) is -0.376. The summed E-state index contributed by atoms with van der Waals surface area (Å²) >= 11 is 0. The van der Waals surface area contributed by atoms with Crippen LogP contribution in [0.4, 0.5) is 20.6 Å². The van der Waals surface area contributed by atoms with E-state index in [1.54, 1.807) is 42.5 Å². The van der Waals surface area contributed by atoms with Gasteiger partial charge in [0, 0.05) is 0 Å². The first-order valence-corrected chi connectivity index (χ1v) is 10.6. The van der Waals surface area contributed by atoms with Gasteiger partial charge in [0.1, 0.15) is 10.7 Å². The number of hydrogen-bond acceptors (Lipinski definition) is 3. The predicted molar refractivity (Wildman–Crippen MR) is 110 cm³/mol. The zero-order valence-corrected chi connectivity index (χ0v) is 16.6. The van der Waals surface area contributed by atoms with Crippen molar-refractivity contribution in [2.45, 2.75) is 24.8 Å². The summed E-state index contributed by atoms with van der Waals surface area (Å²) in [6.07, 6.45) is 0.806. The molecule has 1 heterocycles. The van der Waals surface area contributed by atoms with E-state index in [9.17, 15) is 17.6 Å². The Bertz CT molecular complexity index is 1160. The van der Waals surface area contributed by atoms with Gasteiger partial charge in [-0.15, -0.1) is 0 Å². The lowest BCUT2D eigenvalue weighted by Crippen LogP contribution is -2.50. The van der Waals surface area contributed by atoms with Crippen LogP contribution in [0, 0.1) is 5.82 Å². The fourth-order valence-electron chi connectivity index (χ4n) is 3.35. The maximum atomic E-state index is 13.3. The van der Waals surface area contributed by atoms with Crippen molar-refractivity contribution in [2.24, 2.45) is 0 Å². The largest absolute Gasteiger partial charge is 0.343 e. The first kappa shape index (κ1) is 19.1. The monoisotopic (exact) mass is 410 g/mol. The molecule has 0 aromatic heterocycles. The summed E-state index contributed by atoms with van der Waals surface area (Å²) in [6.45, 7) is 2.12. The van der Waals surface area contributed by atoms with Crippen LogP contribution in [0.2, 0.25) is 0 Å². The van der Waals surface area contributed by atoms with Crippen LogP contribution in [0.15, 0.2) is 77.7 Å². The molecule has 4 rings (SSSR count). The fraction of sp³-hybridized carbons (Fsp3) is 0.136. The van der Waals surface area contributed by atoms with Crippen LogP contribution in [0.25, 0.3) is 0 Å². The van der Waals surface area contributed by atoms with Crippen LogP contribution in [0.3, 0.4) is 0 Å². The number of sulfonamides is 1. The summed E-state index contributed by atoms with van der Waals surface area (Å²) in [7, 11) is -4.05. The maximum Gasteiger partial charge on any atom is 0.343 e. The highest BCUT2D eigenvalue weighted by atomic mass is 32.2. The van der Waals surface area contributed by atoms with E-state index in [2.05, 4.69) is 0 Å². The molecule has 1 aliphatic rings. The molecule has 2 amide bonds. The first-order valence-electron chi connectivity index (χ1n) is 9.21. The molecule has 3 aromatic rings. The number of fused-ring (bicyclic) bond motifs is 1. The smallest absolute Gasteiger partial charge is 0.287 e. The molecule has 7 heteroatoms. The number of carbonyl (C=O) groups is 1. The molecule has 148 valence electrons. The van der Waals surface area contributed by atoms with E-state index in [4.69, 9.17) is 0 Å². The van der Waals surface area contributed by atoms with Gasteiger partial charge in [0.15, 0.2) is 0 Å². The van der Waals surface area contributed by atoms with Crippen molar-refractivity contribution in [3.8, 4) is 0 Å². The minimum Gasteiger partial charge on any atom is -0.287 e. The average molecular weight is 410 g/mol. The Balaban J connectivity index is 1.83. The normalized spacial score (nSPS) is 15.3. The van der Waals surface area contributed by atoms with Crippen LogP contribution in [0.1, 0.15) is 18.1 Å². The van der Waals surface area contributed by atoms with Crippen molar-refractivity contribution < 1.29 is 17.6 Å². The topological polar surface area (TPSA) is 57.7 Å². The second kappa shape index (κ2) is 7.33. The van der Waals surface area contributed by atoms with Crippen LogP contribution >= 0.6 is 0 Å². The van der Waals surface area contributed by atoms with Crippen molar-refractivity contribution in [3.63, 3.8) is 0 Å². The Kier molecular flexibility index (Phi) is 4.84. The minimum atomic E-state index is -4.05. The van der Waals surface area contributed by atoms with Crippen molar-refractivity contribution in [1.29, 1.82) is 0 Å². The number of aryl methyl sites for hydroxylation is 1. The van der Waals surface area contributed by atoms with E-state index in [0.717, 1.165) is 16.3 Å². The molecule has 0 spiro atoms. The lowest BCUT2D eigenvalue weighted by molar-refractivity contribution is 0.253. The van der Waals surface area contributed by atoms with Crippen LogP contribution in [0.5, 0.6) is 0 Å². The van der Waals surface area contributed by atoms with Crippen LogP contribution in [-0.4, -0.2) is 14.4 Å². The lowest BCUT2D eigenvalue weighted by Gasteiger charge is -2.36. The second-order valence-electron chi connectivity index (χ2n) is 6.75. The molecule has 5 nitrogen and oxygen atoms in total. The standard InChI is InChI=1S/C22H19FN2O3S/c1-2-16-9-13-19(14-10-16)25-22(26)24(15-17-7-11-18(23)12-8-17)20-5-3-4-6-21(20)29(25,27)28/h3-14H,2,15H2,1H3. The summed E-state index contributed by atoms with van der Waals surface area (Å²) in [5, 5.41) is 0. The predicted octanol–water partition coefficient (Wildman–Crippen LogP) is 4.72. The summed E-state index contributed by atoms with van der Waals surface area (Å²) in [6, 6.07) is 18.4. The number of halogens is 1. The Morgan fingerprint density at radius 3 is 2.14 bits per heavy atom. The molecule has 0 fully saturated rings. The molecule has 29 heavy (non-hydrogen) atoms. The molecule has 3 aromatic carbocycles. The quantitative estimate of drug-likeness (QED) is 0.625. The number of urea groups is 1. The van der Waals surface area contributed by atoms with Gasteiger partial charge in [0.05, 0.1) is 17.9 Å². The highest BCUT2D eigenvalue weighted by Gasteiger charge is 2.42. The SMILES string of the molecule is CCc1ccc(N2C(=O)N(Cc3ccc(F)cc3)c3ccccc3S2(=O)=O)cc1. The van der Waals surface area contributed by atoms with Gasteiger partial charge in [-0.1, -0.05) is 43.3 Å². The molecule has 0 bridgehead atoms. The highest BCUT2D eigenvalue weighted by Crippen LogP contribution is 2.37. The Labute approximate surface area is 169 Å². The molecule has 0 aliphatic carbocycles. The zero-order valence-electron chi connectivity index (χ0n) is 15.7. The van der Waals surface area contributed by atoms with Crippen LogP contribution < -0.4 is 9.21 Å². The van der Waals surface area contributed by atoms with E-state index in [0.29, 0.717) is 11.3 Å². The number of amides is 2. The van der Waals surface area contributed by atoms with Gasteiger partial charge < -0.3 is 0 Å². The van der Waals surface area contributed by atoms with E-state index in [1.807, 2.05) is 19.1 Å². The van der Waals surface area contributed by atoms with Gasteiger partial charge in [-0.3, -0.25) is 4.90 Å².